The third-order valence-electron chi connectivity index (χ3n) is 2.61. The van der Waals surface area contributed by atoms with Gasteiger partial charge in [-0.15, -0.1) is 0 Å². The van der Waals surface area contributed by atoms with Crippen LogP contribution in [0.1, 0.15) is 5.69 Å². The quantitative estimate of drug-likeness (QED) is 0.839. The van der Waals surface area contributed by atoms with Crippen molar-refractivity contribution >= 4 is 5.82 Å². The summed E-state index contributed by atoms with van der Waals surface area (Å²) >= 11 is 0. The highest BCUT2D eigenvalue weighted by Gasteiger charge is 2.08. The molecular weight excluding hydrogens is 240 g/mol. The molecule has 0 fully saturated rings. The van der Waals surface area contributed by atoms with Crippen LogP contribution in [0.3, 0.4) is 0 Å². The Labute approximate surface area is 112 Å². The van der Waals surface area contributed by atoms with Gasteiger partial charge in [0.15, 0.2) is 5.82 Å². The summed E-state index contributed by atoms with van der Waals surface area (Å²) in [6, 6.07) is 11.2. The van der Waals surface area contributed by atoms with Gasteiger partial charge in [0.1, 0.15) is 23.3 Å². The zero-order valence-corrected chi connectivity index (χ0v) is 11.1. The first kappa shape index (κ1) is 12.8. The average molecular weight is 254 g/mol. The lowest BCUT2D eigenvalue weighted by Gasteiger charge is -2.12. The average Bonchev–Trinajstić information content (AvgIpc) is 2.46. The molecule has 0 saturated carbocycles. The van der Waals surface area contributed by atoms with E-state index in [0.717, 1.165) is 11.3 Å². The Balaban J connectivity index is 2.54. The number of hydrogen-bond acceptors (Lipinski definition) is 5. The van der Waals surface area contributed by atoms with Gasteiger partial charge < -0.3 is 9.64 Å². The molecule has 0 atom stereocenters. The van der Waals surface area contributed by atoms with E-state index in [1.807, 2.05) is 43.3 Å². The maximum atomic E-state index is 9.03. The van der Waals surface area contributed by atoms with Gasteiger partial charge in [-0.2, -0.15) is 5.26 Å². The van der Waals surface area contributed by atoms with Crippen molar-refractivity contribution < 1.29 is 4.74 Å². The van der Waals surface area contributed by atoms with Crippen LogP contribution in [-0.4, -0.2) is 31.2 Å². The van der Waals surface area contributed by atoms with Gasteiger partial charge in [-0.05, 0) is 12.1 Å². The molecule has 0 aliphatic rings. The molecule has 0 bridgehead atoms. The lowest BCUT2D eigenvalue weighted by Crippen LogP contribution is -2.12. The molecule has 0 unspecified atom stereocenters. The zero-order chi connectivity index (χ0) is 13.8. The molecule has 1 heterocycles. The summed E-state index contributed by atoms with van der Waals surface area (Å²) in [6.07, 6.45) is 0. The van der Waals surface area contributed by atoms with Crippen LogP contribution in [0, 0.1) is 11.3 Å². The molecule has 0 aliphatic carbocycles. The van der Waals surface area contributed by atoms with E-state index < -0.39 is 0 Å². The Morgan fingerprint density at radius 2 is 2.00 bits per heavy atom. The van der Waals surface area contributed by atoms with Gasteiger partial charge in [0, 0.05) is 25.7 Å². The van der Waals surface area contributed by atoms with Crippen molar-refractivity contribution in [2.45, 2.75) is 0 Å². The van der Waals surface area contributed by atoms with Gasteiger partial charge in [0.25, 0.3) is 0 Å². The standard InChI is InChI=1S/C14H14N4O/c1-18(2)13-8-11(9-15)16-14(17-13)10-5-4-6-12(7-10)19-3/h4-8H,1-3H3. The smallest absolute Gasteiger partial charge is 0.163 e. The Bertz CT molecular complexity index is 632. The number of aromatic nitrogens is 2. The van der Waals surface area contributed by atoms with Crippen molar-refractivity contribution in [1.29, 1.82) is 5.26 Å². The number of hydrogen-bond donors (Lipinski definition) is 0. The molecule has 5 nitrogen and oxygen atoms in total. The van der Waals surface area contributed by atoms with E-state index in [9.17, 15) is 0 Å². The molecule has 1 aromatic carbocycles. The van der Waals surface area contributed by atoms with Gasteiger partial charge in [-0.3, -0.25) is 0 Å². The number of ether oxygens (including phenoxy) is 1. The van der Waals surface area contributed by atoms with Crippen molar-refractivity contribution in [3.63, 3.8) is 0 Å². The third-order valence-corrected chi connectivity index (χ3v) is 2.61. The second kappa shape index (κ2) is 5.36. The van der Waals surface area contributed by atoms with E-state index in [1.54, 1.807) is 13.2 Å². The zero-order valence-electron chi connectivity index (χ0n) is 11.1. The second-order valence-corrected chi connectivity index (χ2v) is 4.17. The van der Waals surface area contributed by atoms with Crippen LogP contribution in [0.5, 0.6) is 5.75 Å². The van der Waals surface area contributed by atoms with E-state index in [4.69, 9.17) is 10.00 Å². The molecule has 1 aromatic heterocycles. The van der Waals surface area contributed by atoms with Crippen LogP contribution in [0.2, 0.25) is 0 Å². The van der Waals surface area contributed by atoms with Crippen LogP contribution in [0.25, 0.3) is 11.4 Å². The normalized spacial score (nSPS) is 9.79. The summed E-state index contributed by atoms with van der Waals surface area (Å²) in [6.45, 7) is 0. The summed E-state index contributed by atoms with van der Waals surface area (Å²) in [7, 11) is 5.36. The van der Waals surface area contributed by atoms with E-state index in [2.05, 4.69) is 16.0 Å². The number of methoxy groups -OCH3 is 1. The third kappa shape index (κ3) is 2.80. The molecule has 0 spiro atoms. The first-order valence-corrected chi connectivity index (χ1v) is 5.75. The lowest BCUT2D eigenvalue weighted by atomic mass is 10.2. The molecule has 0 N–H and O–H groups in total. The van der Waals surface area contributed by atoms with Crippen LogP contribution in [0.4, 0.5) is 5.82 Å². The predicted octanol–water partition coefficient (Wildman–Crippen LogP) is 2.09. The van der Waals surface area contributed by atoms with Crippen molar-refractivity contribution in [1.82, 2.24) is 9.97 Å². The Morgan fingerprint density at radius 1 is 1.21 bits per heavy atom. The second-order valence-electron chi connectivity index (χ2n) is 4.17. The molecule has 0 radical (unpaired) electrons. The van der Waals surface area contributed by atoms with Crippen molar-refractivity contribution in [2.75, 3.05) is 26.1 Å². The van der Waals surface area contributed by atoms with Gasteiger partial charge in [-0.25, -0.2) is 9.97 Å². The minimum atomic E-state index is 0.344. The van der Waals surface area contributed by atoms with Crippen molar-refractivity contribution in [3.8, 4) is 23.2 Å². The molecule has 5 heteroatoms. The van der Waals surface area contributed by atoms with Crippen LogP contribution < -0.4 is 9.64 Å². The fourth-order valence-corrected chi connectivity index (χ4v) is 1.61. The molecule has 96 valence electrons. The predicted molar refractivity (Wildman–Crippen MR) is 73.1 cm³/mol. The summed E-state index contributed by atoms with van der Waals surface area (Å²) in [5, 5.41) is 9.03. The van der Waals surface area contributed by atoms with Gasteiger partial charge in [0.05, 0.1) is 7.11 Å². The minimum Gasteiger partial charge on any atom is -0.497 e. The summed E-state index contributed by atoms with van der Waals surface area (Å²) in [5.41, 5.74) is 1.16. The Kier molecular flexibility index (Phi) is 3.62. The maximum Gasteiger partial charge on any atom is 0.163 e. The van der Waals surface area contributed by atoms with E-state index >= 15 is 0 Å². The first-order chi connectivity index (χ1) is 9.13. The molecule has 2 aromatic rings. The molecule has 0 amide bonds. The molecule has 0 saturated heterocycles. The summed E-state index contributed by atoms with van der Waals surface area (Å²) in [5.74, 6) is 1.95. The monoisotopic (exact) mass is 254 g/mol. The number of anilines is 1. The maximum absolute atomic E-state index is 9.03. The van der Waals surface area contributed by atoms with Gasteiger partial charge >= 0.3 is 0 Å². The molecular formula is C14H14N4O. The van der Waals surface area contributed by atoms with Crippen molar-refractivity contribution in [3.05, 3.63) is 36.0 Å². The Morgan fingerprint density at radius 3 is 2.63 bits per heavy atom. The fourth-order valence-electron chi connectivity index (χ4n) is 1.61. The highest BCUT2D eigenvalue weighted by Crippen LogP contribution is 2.22. The van der Waals surface area contributed by atoms with E-state index in [0.29, 0.717) is 17.3 Å². The summed E-state index contributed by atoms with van der Waals surface area (Å²) < 4.78 is 5.18. The van der Waals surface area contributed by atoms with E-state index in [1.165, 1.54) is 0 Å². The fraction of sp³-hybridized carbons (Fsp3) is 0.214. The molecule has 19 heavy (non-hydrogen) atoms. The molecule has 0 aliphatic heterocycles. The highest BCUT2D eigenvalue weighted by atomic mass is 16.5. The Hall–Kier alpha value is -2.61. The largest absolute Gasteiger partial charge is 0.497 e. The van der Waals surface area contributed by atoms with E-state index in [-0.39, 0.29) is 0 Å². The van der Waals surface area contributed by atoms with Crippen LogP contribution in [0.15, 0.2) is 30.3 Å². The van der Waals surface area contributed by atoms with Gasteiger partial charge in [-0.1, -0.05) is 12.1 Å². The minimum absolute atomic E-state index is 0.344. The number of rotatable bonds is 3. The lowest BCUT2D eigenvalue weighted by molar-refractivity contribution is 0.415. The van der Waals surface area contributed by atoms with Crippen LogP contribution >= 0.6 is 0 Å². The number of nitriles is 1. The number of benzene rings is 1. The summed E-state index contributed by atoms with van der Waals surface area (Å²) in [4.78, 5) is 10.5. The van der Waals surface area contributed by atoms with Gasteiger partial charge in [0.2, 0.25) is 0 Å². The highest BCUT2D eigenvalue weighted by molar-refractivity contribution is 5.60. The van der Waals surface area contributed by atoms with Crippen molar-refractivity contribution in [2.24, 2.45) is 0 Å². The SMILES string of the molecule is COc1cccc(-c2nc(C#N)cc(N(C)C)n2)c1. The number of nitrogens with zero attached hydrogens (tertiary/aromatic N) is 4. The van der Waals surface area contributed by atoms with Crippen LogP contribution in [-0.2, 0) is 0 Å². The topological polar surface area (TPSA) is 62.0 Å². The first-order valence-electron chi connectivity index (χ1n) is 5.75. The molecule has 2 rings (SSSR count).